The van der Waals surface area contributed by atoms with Crippen LogP contribution in [0.2, 0.25) is 0 Å². The Morgan fingerprint density at radius 3 is 2.70 bits per heavy atom. The summed E-state index contributed by atoms with van der Waals surface area (Å²) in [7, 11) is 1.59. The molecule has 1 heterocycles. The van der Waals surface area contributed by atoms with Crippen LogP contribution in [0.15, 0.2) is 47.4 Å². The van der Waals surface area contributed by atoms with Crippen LogP contribution in [0.4, 0.5) is 5.69 Å². The number of nitrogens with zero attached hydrogens (tertiary/aromatic N) is 1. The van der Waals surface area contributed by atoms with E-state index in [1.165, 1.54) is 23.6 Å². The van der Waals surface area contributed by atoms with Crippen molar-refractivity contribution in [2.24, 2.45) is 0 Å². The Hall–Kier alpha value is -2.64. The molecule has 30 heavy (non-hydrogen) atoms. The maximum Gasteiger partial charge on any atom is 0.270 e. The summed E-state index contributed by atoms with van der Waals surface area (Å²) >= 11 is 6.66. The number of hydrogen-bond acceptors (Lipinski definition) is 6. The van der Waals surface area contributed by atoms with Crippen LogP contribution in [-0.2, 0) is 4.79 Å². The number of anilines is 1. The van der Waals surface area contributed by atoms with E-state index in [4.69, 9.17) is 21.7 Å². The number of hydrogen-bond donors (Lipinski definition) is 0. The molecule has 0 bridgehead atoms. The smallest absolute Gasteiger partial charge is 0.270 e. The Bertz CT molecular complexity index is 1020. The van der Waals surface area contributed by atoms with Gasteiger partial charge in [0.1, 0.15) is 0 Å². The lowest BCUT2D eigenvalue weighted by Crippen LogP contribution is -2.27. The average molecular weight is 442 g/mol. The van der Waals surface area contributed by atoms with Gasteiger partial charge in [-0.05, 0) is 49.2 Å². The molecule has 156 valence electrons. The molecule has 3 rings (SSSR count). The molecule has 0 unspecified atom stereocenters. The fourth-order valence-electron chi connectivity index (χ4n) is 2.93. The molecule has 0 radical (unpaired) electrons. The van der Waals surface area contributed by atoms with Gasteiger partial charge in [0.15, 0.2) is 21.6 Å². The molecule has 2 aromatic carbocycles. The monoisotopic (exact) mass is 441 g/mol. The maximum atomic E-state index is 13.0. The zero-order valence-corrected chi connectivity index (χ0v) is 18.8. The fourth-order valence-corrected chi connectivity index (χ4v) is 4.22. The van der Waals surface area contributed by atoms with Crippen LogP contribution in [-0.4, -0.2) is 29.7 Å². The Labute approximate surface area is 186 Å². The SMILES string of the molecule is CCCCOc1ccc(C=C2SC(=S)N(c3cccc(C(C)=O)c3)C2=O)cc1OC. The first kappa shape index (κ1) is 22.1. The number of rotatable bonds is 8. The number of unbranched alkanes of at least 4 members (excludes halogenated alkanes) is 1. The minimum Gasteiger partial charge on any atom is -0.493 e. The highest BCUT2D eigenvalue weighted by molar-refractivity contribution is 8.27. The Balaban J connectivity index is 1.85. The standard InChI is InChI=1S/C23H23NO4S2/c1-4-5-11-28-19-10-9-16(12-20(19)27-3)13-21-22(26)24(23(29)30-21)18-8-6-7-17(14-18)15(2)25/h6-10,12-14H,4-5,11H2,1-3H3. The van der Waals surface area contributed by atoms with E-state index in [0.717, 1.165) is 18.4 Å². The van der Waals surface area contributed by atoms with Crippen molar-refractivity contribution in [3.05, 3.63) is 58.5 Å². The second-order valence-electron chi connectivity index (χ2n) is 6.74. The summed E-state index contributed by atoms with van der Waals surface area (Å²) in [4.78, 5) is 26.6. The zero-order chi connectivity index (χ0) is 21.7. The van der Waals surface area contributed by atoms with E-state index in [9.17, 15) is 9.59 Å². The molecule has 1 saturated heterocycles. The van der Waals surface area contributed by atoms with Crippen LogP contribution in [0, 0.1) is 0 Å². The fraction of sp³-hybridized carbons (Fsp3) is 0.261. The van der Waals surface area contributed by atoms with Crippen molar-refractivity contribution < 1.29 is 19.1 Å². The van der Waals surface area contributed by atoms with Crippen molar-refractivity contribution >= 4 is 51.8 Å². The highest BCUT2D eigenvalue weighted by Gasteiger charge is 2.33. The van der Waals surface area contributed by atoms with Crippen molar-refractivity contribution in [2.75, 3.05) is 18.6 Å². The summed E-state index contributed by atoms with van der Waals surface area (Å²) in [6, 6.07) is 12.5. The first-order valence-electron chi connectivity index (χ1n) is 9.64. The summed E-state index contributed by atoms with van der Waals surface area (Å²) in [5.74, 6) is 1.01. The quantitative estimate of drug-likeness (QED) is 0.234. The predicted molar refractivity (Wildman–Crippen MR) is 125 cm³/mol. The van der Waals surface area contributed by atoms with Gasteiger partial charge in [-0.25, -0.2) is 0 Å². The Morgan fingerprint density at radius 2 is 2.00 bits per heavy atom. The van der Waals surface area contributed by atoms with Gasteiger partial charge in [0.2, 0.25) is 0 Å². The summed E-state index contributed by atoms with van der Waals surface area (Å²) in [5.41, 5.74) is 1.94. The highest BCUT2D eigenvalue weighted by atomic mass is 32.2. The maximum absolute atomic E-state index is 13.0. The highest BCUT2D eigenvalue weighted by Crippen LogP contribution is 2.37. The first-order chi connectivity index (χ1) is 14.4. The van der Waals surface area contributed by atoms with Gasteiger partial charge in [-0.2, -0.15) is 0 Å². The average Bonchev–Trinajstić information content (AvgIpc) is 3.02. The van der Waals surface area contributed by atoms with Crippen molar-refractivity contribution in [3.8, 4) is 11.5 Å². The van der Waals surface area contributed by atoms with Crippen molar-refractivity contribution in [2.45, 2.75) is 26.7 Å². The van der Waals surface area contributed by atoms with E-state index >= 15 is 0 Å². The van der Waals surface area contributed by atoms with E-state index in [2.05, 4.69) is 6.92 Å². The van der Waals surface area contributed by atoms with E-state index in [-0.39, 0.29) is 11.7 Å². The molecule has 0 saturated carbocycles. The molecule has 0 N–H and O–H groups in total. The number of benzene rings is 2. The third-order valence-corrected chi connectivity index (χ3v) is 5.85. The molecule has 7 heteroatoms. The van der Waals surface area contributed by atoms with Crippen molar-refractivity contribution in [3.63, 3.8) is 0 Å². The van der Waals surface area contributed by atoms with Crippen LogP contribution >= 0.6 is 24.0 Å². The van der Waals surface area contributed by atoms with E-state index in [1.54, 1.807) is 37.5 Å². The number of ketones is 1. The summed E-state index contributed by atoms with van der Waals surface area (Å²) in [5, 5.41) is 0. The van der Waals surface area contributed by atoms with Gasteiger partial charge in [-0.15, -0.1) is 0 Å². The molecule has 0 spiro atoms. The van der Waals surface area contributed by atoms with Crippen LogP contribution in [0.3, 0.4) is 0 Å². The normalized spacial score (nSPS) is 15.0. The lowest BCUT2D eigenvalue weighted by molar-refractivity contribution is -0.113. The number of carbonyl (C=O) groups excluding carboxylic acids is 2. The minimum atomic E-state index is -0.215. The summed E-state index contributed by atoms with van der Waals surface area (Å²) in [6.07, 6.45) is 3.81. The molecule has 0 aliphatic carbocycles. The van der Waals surface area contributed by atoms with Crippen LogP contribution in [0.25, 0.3) is 6.08 Å². The minimum absolute atomic E-state index is 0.0637. The van der Waals surface area contributed by atoms with Gasteiger partial charge in [0.05, 0.1) is 24.3 Å². The third kappa shape index (κ3) is 4.91. The molecule has 1 amide bonds. The second kappa shape index (κ2) is 9.91. The molecule has 1 aliphatic rings. The number of amides is 1. The molecule has 1 aliphatic heterocycles. The lowest BCUT2D eigenvalue weighted by atomic mass is 10.1. The number of Topliss-reactive ketones (excluding diaryl/α,β-unsaturated/α-hetero) is 1. The van der Waals surface area contributed by atoms with Crippen LogP contribution in [0.1, 0.15) is 42.6 Å². The largest absolute Gasteiger partial charge is 0.493 e. The Morgan fingerprint density at radius 1 is 1.20 bits per heavy atom. The second-order valence-corrected chi connectivity index (χ2v) is 8.41. The van der Waals surface area contributed by atoms with Gasteiger partial charge in [0, 0.05) is 5.56 Å². The van der Waals surface area contributed by atoms with Crippen molar-refractivity contribution in [1.82, 2.24) is 0 Å². The van der Waals surface area contributed by atoms with E-state index in [0.29, 0.717) is 38.6 Å². The molecule has 0 aromatic heterocycles. The number of carbonyl (C=O) groups is 2. The van der Waals surface area contributed by atoms with Gasteiger partial charge < -0.3 is 9.47 Å². The van der Waals surface area contributed by atoms with Crippen LogP contribution < -0.4 is 14.4 Å². The van der Waals surface area contributed by atoms with E-state index in [1.807, 2.05) is 18.2 Å². The number of methoxy groups -OCH3 is 1. The molecular weight excluding hydrogens is 418 g/mol. The molecule has 5 nitrogen and oxygen atoms in total. The number of thioether (sulfide) groups is 1. The number of thiocarbonyl (C=S) groups is 1. The molecule has 1 fully saturated rings. The lowest BCUT2D eigenvalue weighted by Gasteiger charge is -2.15. The van der Waals surface area contributed by atoms with Gasteiger partial charge >= 0.3 is 0 Å². The van der Waals surface area contributed by atoms with Gasteiger partial charge in [0.25, 0.3) is 5.91 Å². The molecule has 2 aromatic rings. The zero-order valence-electron chi connectivity index (χ0n) is 17.1. The summed E-state index contributed by atoms with van der Waals surface area (Å²) in [6.45, 7) is 4.23. The third-order valence-electron chi connectivity index (χ3n) is 4.55. The predicted octanol–water partition coefficient (Wildman–Crippen LogP) is 5.48. The summed E-state index contributed by atoms with van der Waals surface area (Å²) < 4.78 is 11.6. The number of ether oxygens (including phenoxy) is 2. The molecule has 0 atom stereocenters. The molecular formula is C23H23NO4S2. The first-order valence-corrected chi connectivity index (χ1v) is 10.9. The topological polar surface area (TPSA) is 55.8 Å². The van der Waals surface area contributed by atoms with Gasteiger partial charge in [-0.3, -0.25) is 14.5 Å². The van der Waals surface area contributed by atoms with Crippen molar-refractivity contribution in [1.29, 1.82) is 0 Å². The van der Waals surface area contributed by atoms with Crippen LogP contribution in [0.5, 0.6) is 11.5 Å². The Kier molecular flexibility index (Phi) is 7.29. The van der Waals surface area contributed by atoms with E-state index < -0.39 is 0 Å². The van der Waals surface area contributed by atoms with Gasteiger partial charge in [-0.1, -0.05) is 55.5 Å².